The molecular formula is C17H26N3O4P. The van der Waals surface area contributed by atoms with E-state index in [0.717, 1.165) is 5.56 Å². The molecule has 0 unspecified atom stereocenters. The standard InChI is InChI=1S/C17H26N3O4P/c1-6-23-25(22,24-7-2)15(19-18)16(21)20(17(3,4)5)13-14-11-9-8-10-12-14/h8-12H,6-7,13H2,1-5H3. The average Bonchev–Trinajstić information content (AvgIpc) is 2.53. The van der Waals surface area contributed by atoms with E-state index in [0.29, 0.717) is 0 Å². The highest BCUT2D eigenvalue weighted by molar-refractivity contribution is 7.74. The summed E-state index contributed by atoms with van der Waals surface area (Å²) in [5, 5.41) is 0. The van der Waals surface area contributed by atoms with Crippen LogP contribution in [-0.4, -0.2) is 39.8 Å². The lowest BCUT2D eigenvalue weighted by molar-refractivity contribution is -0.133. The van der Waals surface area contributed by atoms with Crippen molar-refractivity contribution >= 4 is 19.0 Å². The van der Waals surface area contributed by atoms with E-state index in [9.17, 15) is 14.9 Å². The van der Waals surface area contributed by atoms with Gasteiger partial charge >= 0.3 is 19.0 Å². The Balaban J connectivity index is 3.26. The molecule has 0 aliphatic carbocycles. The first-order valence-electron chi connectivity index (χ1n) is 8.17. The molecule has 0 saturated heterocycles. The van der Waals surface area contributed by atoms with E-state index in [2.05, 4.69) is 4.79 Å². The number of carbonyl (C=O) groups excluding carboxylic acids is 1. The monoisotopic (exact) mass is 367 g/mol. The molecule has 138 valence electrons. The lowest BCUT2D eigenvalue weighted by Gasteiger charge is -2.34. The number of hydrogen-bond donors (Lipinski definition) is 0. The molecular weight excluding hydrogens is 341 g/mol. The Morgan fingerprint density at radius 1 is 1.16 bits per heavy atom. The van der Waals surface area contributed by atoms with Gasteiger partial charge < -0.3 is 19.5 Å². The number of carbonyl (C=O) groups is 1. The fraction of sp³-hybridized carbons (Fsp3) is 0.529. The first-order chi connectivity index (χ1) is 11.7. The van der Waals surface area contributed by atoms with Gasteiger partial charge in [-0.05, 0) is 40.2 Å². The third-order valence-electron chi connectivity index (χ3n) is 3.38. The molecule has 0 fully saturated rings. The summed E-state index contributed by atoms with van der Waals surface area (Å²) in [5.41, 5.74) is 9.05. The van der Waals surface area contributed by atoms with Crippen molar-refractivity contribution in [3.05, 3.63) is 41.4 Å². The van der Waals surface area contributed by atoms with Crippen LogP contribution in [0.2, 0.25) is 0 Å². The smallest absolute Gasteiger partial charge is 0.360 e. The molecule has 1 amide bonds. The minimum Gasteiger partial charge on any atom is -0.360 e. The SMILES string of the molecule is CCOP(=O)(OCC)C(=[N+]=[N-])C(=O)N(Cc1ccccc1)C(C)(C)C. The topological polar surface area (TPSA) is 92.2 Å². The Kier molecular flexibility index (Phi) is 7.71. The molecule has 8 heteroatoms. The molecule has 1 rings (SSSR count). The number of rotatable bonds is 8. The van der Waals surface area contributed by atoms with Crippen LogP contribution >= 0.6 is 7.60 Å². The van der Waals surface area contributed by atoms with E-state index >= 15 is 0 Å². The Labute approximate surface area is 149 Å². The van der Waals surface area contributed by atoms with Crippen molar-refractivity contribution in [1.82, 2.24) is 4.90 Å². The van der Waals surface area contributed by atoms with Gasteiger partial charge in [-0.2, -0.15) is 4.79 Å². The summed E-state index contributed by atoms with van der Waals surface area (Å²) in [6.45, 7) is 9.14. The van der Waals surface area contributed by atoms with Gasteiger partial charge in [-0.1, -0.05) is 30.3 Å². The summed E-state index contributed by atoms with van der Waals surface area (Å²) >= 11 is 0. The van der Waals surface area contributed by atoms with Crippen LogP contribution in [0.15, 0.2) is 30.3 Å². The maximum absolute atomic E-state index is 13.0. The first-order valence-corrected chi connectivity index (χ1v) is 9.71. The molecule has 0 aromatic heterocycles. The van der Waals surface area contributed by atoms with Gasteiger partial charge in [0.05, 0.1) is 13.2 Å². The van der Waals surface area contributed by atoms with Gasteiger partial charge in [0.25, 0.3) is 0 Å². The molecule has 0 heterocycles. The molecule has 0 atom stereocenters. The van der Waals surface area contributed by atoms with Crippen LogP contribution in [0.4, 0.5) is 0 Å². The maximum atomic E-state index is 13.0. The van der Waals surface area contributed by atoms with E-state index < -0.39 is 24.5 Å². The number of hydrogen-bond acceptors (Lipinski definition) is 4. The minimum absolute atomic E-state index is 0.0534. The first kappa shape index (κ1) is 21.3. The second-order valence-electron chi connectivity index (χ2n) is 6.30. The predicted molar refractivity (Wildman–Crippen MR) is 96.2 cm³/mol. The number of amides is 1. The maximum Gasteiger partial charge on any atom is 0.465 e. The highest BCUT2D eigenvalue weighted by Gasteiger charge is 2.49. The van der Waals surface area contributed by atoms with Gasteiger partial charge in [-0.25, -0.2) is 4.57 Å². The summed E-state index contributed by atoms with van der Waals surface area (Å²) in [4.78, 5) is 17.5. The molecule has 0 saturated carbocycles. The second kappa shape index (κ2) is 9.07. The summed E-state index contributed by atoms with van der Waals surface area (Å²) in [6, 6.07) is 9.38. The van der Waals surface area contributed by atoms with Crippen LogP contribution in [0.25, 0.3) is 5.53 Å². The molecule has 0 N–H and O–H groups in total. The summed E-state index contributed by atoms with van der Waals surface area (Å²) in [6.07, 6.45) is 0. The van der Waals surface area contributed by atoms with Crippen LogP contribution < -0.4 is 0 Å². The van der Waals surface area contributed by atoms with E-state index in [1.54, 1.807) is 13.8 Å². The zero-order chi connectivity index (χ0) is 19.1. The van der Waals surface area contributed by atoms with Gasteiger partial charge in [0.15, 0.2) is 0 Å². The average molecular weight is 367 g/mol. The second-order valence-corrected chi connectivity index (χ2v) is 8.24. The highest BCUT2D eigenvalue weighted by atomic mass is 31.2. The zero-order valence-corrected chi connectivity index (χ0v) is 16.3. The molecule has 1 aromatic carbocycles. The quantitative estimate of drug-likeness (QED) is 0.303. The molecule has 1 aromatic rings. The van der Waals surface area contributed by atoms with Gasteiger partial charge in [0, 0.05) is 12.1 Å². The van der Waals surface area contributed by atoms with Crippen molar-refractivity contribution < 1.29 is 23.2 Å². The Bertz CT molecular complexity index is 669. The molecule has 25 heavy (non-hydrogen) atoms. The van der Waals surface area contributed by atoms with Gasteiger partial charge in [-0.15, -0.1) is 0 Å². The van der Waals surface area contributed by atoms with Crippen molar-refractivity contribution in [3.8, 4) is 0 Å². The van der Waals surface area contributed by atoms with Crippen LogP contribution in [-0.2, 0) is 25.0 Å². The fourth-order valence-corrected chi connectivity index (χ4v) is 3.68. The van der Waals surface area contributed by atoms with E-state index in [1.807, 2.05) is 51.1 Å². The van der Waals surface area contributed by atoms with Crippen molar-refractivity contribution in [2.45, 2.75) is 46.7 Å². The van der Waals surface area contributed by atoms with Crippen LogP contribution in [0, 0.1) is 0 Å². The molecule has 7 nitrogen and oxygen atoms in total. The zero-order valence-electron chi connectivity index (χ0n) is 15.4. The normalized spacial score (nSPS) is 11.7. The van der Waals surface area contributed by atoms with E-state index in [1.165, 1.54) is 4.90 Å². The molecule has 0 spiro atoms. The largest absolute Gasteiger partial charge is 0.465 e. The molecule has 0 bridgehead atoms. The highest BCUT2D eigenvalue weighted by Crippen LogP contribution is 2.49. The van der Waals surface area contributed by atoms with Gasteiger partial charge in [-0.3, -0.25) is 4.79 Å². The molecule has 0 aliphatic heterocycles. The van der Waals surface area contributed by atoms with E-state index in [4.69, 9.17) is 9.05 Å². The Morgan fingerprint density at radius 2 is 1.68 bits per heavy atom. The van der Waals surface area contributed by atoms with Gasteiger partial charge in [0.2, 0.25) is 0 Å². The van der Waals surface area contributed by atoms with Crippen molar-refractivity contribution in [1.29, 1.82) is 0 Å². The van der Waals surface area contributed by atoms with Crippen molar-refractivity contribution in [2.24, 2.45) is 0 Å². The lowest BCUT2D eigenvalue weighted by atomic mass is 10.0. The molecule has 0 aliphatic rings. The summed E-state index contributed by atoms with van der Waals surface area (Å²) in [7, 11) is -4.00. The third kappa shape index (κ3) is 5.62. The van der Waals surface area contributed by atoms with Crippen LogP contribution in [0.3, 0.4) is 0 Å². The third-order valence-corrected chi connectivity index (χ3v) is 5.38. The molecule has 0 radical (unpaired) electrons. The van der Waals surface area contributed by atoms with Crippen molar-refractivity contribution in [2.75, 3.05) is 13.2 Å². The minimum atomic E-state index is -4.00. The van der Waals surface area contributed by atoms with Gasteiger partial charge in [0.1, 0.15) is 0 Å². The lowest BCUT2D eigenvalue weighted by Crippen LogP contribution is -2.48. The summed E-state index contributed by atoms with van der Waals surface area (Å²) < 4.78 is 23.2. The number of nitrogens with zero attached hydrogens (tertiary/aromatic N) is 3. The van der Waals surface area contributed by atoms with E-state index in [-0.39, 0.29) is 19.8 Å². The number of benzene rings is 1. The predicted octanol–water partition coefficient (Wildman–Crippen LogP) is 3.71. The van der Waals surface area contributed by atoms with Crippen LogP contribution in [0.5, 0.6) is 0 Å². The Hall–Kier alpha value is -1.78. The summed E-state index contributed by atoms with van der Waals surface area (Å²) in [5.74, 6) is -0.691. The fourth-order valence-electron chi connectivity index (χ4n) is 2.21. The Morgan fingerprint density at radius 3 is 2.08 bits per heavy atom. The van der Waals surface area contributed by atoms with Crippen LogP contribution in [0.1, 0.15) is 40.2 Å². The van der Waals surface area contributed by atoms with Crippen molar-refractivity contribution in [3.63, 3.8) is 0 Å².